The molecule has 1 rings (SSSR count). The Hall–Kier alpha value is -0.870. The summed E-state index contributed by atoms with van der Waals surface area (Å²) < 4.78 is 7.38. The van der Waals surface area contributed by atoms with Crippen molar-refractivity contribution < 1.29 is 4.74 Å². The van der Waals surface area contributed by atoms with Gasteiger partial charge in [0.15, 0.2) is 0 Å². The van der Waals surface area contributed by atoms with Crippen LogP contribution < -0.4 is 5.73 Å². The van der Waals surface area contributed by atoms with Crippen molar-refractivity contribution in [3.63, 3.8) is 0 Å². The Kier molecular flexibility index (Phi) is 4.78. The van der Waals surface area contributed by atoms with Crippen LogP contribution in [0.15, 0.2) is 12.5 Å². The standard InChI is InChI=1S/C11H21N3O/c1-4-15-6-5-14-8-13-7-10(14)11(12)9(2)3/h7-9,11H,4-6,12H2,1-3H3. The number of aromatic nitrogens is 2. The third kappa shape index (κ3) is 3.32. The highest BCUT2D eigenvalue weighted by Gasteiger charge is 2.14. The summed E-state index contributed by atoms with van der Waals surface area (Å²) in [5.41, 5.74) is 7.17. The molecule has 4 nitrogen and oxygen atoms in total. The maximum absolute atomic E-state index is 6.09. The molecule has 1 unspecified atom stereocenters. The molecule has 0 saturated heterocycles. The largest absolute Gasteiger partial charge is 0.380 e. The van der Waals surface area contributed by atoms with Crippen molar-refractivity contribution in [3.05, 3.63) is 18.2 Å². The predicted octanol–water partition coefficient (Wildman–Crippen LogP) is 1.58. The summed E-state index contributed by atoms with van der Waals surface area (Å²) in [6, 6.07) is 0.0501. The van der Waals surface area contributed by atoms with Gasteiger partial charge in [-0.15, -0.1) is 0 Å². The molecule has 0 saturated carbocycles. The minimum absolute atomic E-state index is 0.0501. The minimum atomic E-state index is 0.0501. The molecule has 1 aromatic rings. The average molecular weight is 211 g/mol. The van der Waals surface area contributed by atoms with Crippen molar-refractivity contribution in [1.29, 1.82) is 0 Å². The number of hydrogen-bond acceptors (Lipinski definition) is 3. The molecule has 1 atom stereocenters. The van der Waals surface area contributed by atoms with Crippen LogP contribution >= 0.6 is 0 Å². The molecule has 0 amide bonds. The van der Waals surface area contributed by atoms with Crippen molar-refractivity contribution in [3.8, 4) is 0 Å². The van der Waals surface area contributed by atoms with Crippen LogP contribution in [0.1, 0.15) is 32.5 Å². The Morgan fingerprint density at radius 3 is 2.87 bits per heavy atom. The predicted molar refractivity (Wildman–Crippen MR) is 60.5 cm³/mol. The molecule has 0 aliphatic rings. The van der Waals surface area contributed by atoms with Crippen molar-refractivity contribution in [2.75, 3.05) is 13.2 Å². The number of hydrogen-bond donors (Lipinski definition) is 1. The summed E-state index contributed by atoms with van der Waals surface area (Å²) in [6.07, 6.45) is 3.66. The third-order valence-electron chi connectivity index (χ3n) is 2.48. The summed E-state index contributed by atoms with van der Waals surface area (Å²) in [6.45, 7) is 8.51. The van der Waals surface area contributed by atoms with E-state index in [9.17, 15) is 0 Å². The van der Waals surface area contributed by atoms with E-state index in [1.165, 1.54) is 0 Å². The lowest BCUT2D eigenvalue weighted by molar-refractivity contribution is 0.138. The fraction of sp³-hybridized carbons (Fsp3) is 0.727. The Labute approximate surface area is 91.4 Å². The van der Waals surface area contributed by atoms with E-state index in [4.69, 9.17) is 10.5 Å². The number of nitrogens with two attached hydrogens (primary N) is 1. The van der Waals surface area contributed by atoms with Crippen LogP contribution in [0.5, 0.6) is 0 Å². The smallest absolute Gasteiger partial charge is 0.0949 e. The van der Waals surface area contributed by atoms with E-state index in [0.29, 0.717) is 12.5 Å². The van der Waals surface area contributed by atoms with Crippen LogP contribution in [-0.4, -0.2) is 22.8 Å². The molecule has 2 N–H and O–H groups in total. The average Bonchev–Trinajstić information content (AvgIpc) is 2.65. The fourth-order valence-corrected chi connectivity index (χ4v) is 1.44. The first-order valence-corrected chi connectivity index (χ1v) is 5.50. The van der Waals surface area contributed by atoms with Gasteiger partial charge in [-0.2, -0.15) is 0 Å². The molecular formula is C11H21N3O. The summed E-state index contributed by atoms with van der Waals surface area (Å²) in [5, 5.41) is 0. The van der Waals surface area contributed by atoms with Gasteiger partial charge in [-0.1, -0.05) is 13.8 Å². The molecule has 0 radical (unpaired) electrons. The summed E-state index contributed by atoms with van der Waals surface area (Å²) in [4.78, 5) is 4.13. The molecule has 0 aliphatic carbocycles. The molecule has 0 spiro atoms. The monoisotopic (exact) mass is 211 g/mol. The third-order valence-corrected chi connectivity index (χ3v) is 2.48. The molecule has 0 aliphatic heterocycles. The lowest BCUT2D eigenvalue weighted by Gasteiger charge is -2.17. The van der Waals surface area contributed by atoms with E-state index in [1.807, 2.05) is 19.4 Å². The van der Waals surface area contributed by atoms with Crippen LogP contribution in [0.3, 0.4) is 0 Å². The minimum Gasteiger partial charge on any atom is -0.380 e. The maximum atomic E-state index is 6.09. The normalized spacial score (nSPS) is 13.4. The van der Waals surface area contributed by atoms with Gasteiger partial charge in [0.1, 0.15) is 0 Å². The topological polar surface area (TPSA) is 53.1 Å². The van der Waals surface area contributed by atoms with Gasteiger partial charge in [0.05, 0.1) is 18.6 Å². The maximum Gasteiger partial charge on any atom is 0.0949 e. The number of ether oxygens (including phenoxy) is 1. The molecule has 86 valence electrons. The van der Waals surface area contributed by atoms with Crippen molar-refractivity contribution in [2.45, 2.75) is 33.4 Å². The molecular weight excluding hydrogens is 190 g/mol. The van der Waals surface area contributed by atoms with E-state index < -0.39 is 0 Å². The molecule has 4 heteroatoms. The first-order chi connectivity index (χ1) is 7.16. The summed E-state index contributed by atoms with van der Waals surface area (Å²) in [7, 11) is 0. The summed E-state index contributed by atoms with van der Waals surface area (Å²) >= 11 is 0. The molecule has 1 aromatic heterocycles. The van der Waals surface area contributed by atoms with E-state index in [0.717, 1.165) is 18.8 Å². The highest BCUT2D eigenvalue weighted by Crippen LogP contribution is 2.17. The lowest BCUT2D eigenvalue weighted by atomic mass is 10.0. The first kappa shape index (κ1) is 12.2. The quantitative estimate of drug-likeness (QED) is 0.727. The van der Waals surface area contributed by atoms with E-state index >= 15 is 0 Å². The Morgan fingerprint density at radius 1 is 1.53 bits per heavy atom. The number of rotatable bonds is 6. The van der Waals surface area contributed by atoms with Crippen molar-refractivity contribution in [1.82, 2.24) is 9.55 Å². The fourth-order valence-electron chi connectivity index (χ4n) is 1.44. The van der Waals surface area contributed by atoms with Crippen LogP contribution in [0.4, 0.5) is 0 Å². The van der Waals surface area contributed by atoms with Crippen molar-refractivity contribution >= 4 is 0 Å². The molecule has 0 aromatic carbocycles. The second-order valence-corrected chi connectivity index (χ2v) is 3.98. The zero-order valence-corrected chi connectivity index (χ0v) is 9.81. The Bertz CT molecular complexity index is 283. The highest BCUT2D eigenvalue weighted by molar-refractivity contribution is 5.05. The van der Waals surface area contributed by atoms with Gasteiger partial charge >= 0.3 is 0 Å². The SMILES string of the molecule is CCOCCn1cncc1C(N)C(C)C. The highest BCUT2D eigenvalue weighted by atomic mass is 16.5. The van der Waals surface area contributed by atoms with Gasteiger partial charge in [-0.05, 0) is 12.8 Å². The van der Waals surface area contributed by atoms with E-state index in [-0.39, 0.29) is 6.04 Å². The lowest BCUT2D eigenvalue weighted by Crippen LogP contribution is -2.21. The zero-order chi connectivity index (χ0) is 11.3. The molecule has 0 bridgehead atoms. The number of nitrogens with zero attached hydrogens (tertiary/aromatic N) is 2. The molecule has 15 heavy (non-hydrogen) atoms. The molecule has 1 heterocycles. The Morgan fingerprint density at radius 2 is 2.27 bits per heavy atom. The zero-order valence-electron chi connectivity index (χ0n) is 9.81. The van der Waals surface area contributed by atoms with Gasteiger partial charge < -0.3 is 15.0 Å². The van der Waals surface area contributed by atoms with Gasteiger partial charge in [0, 0.05) is 25.4 Å². The number of imidazole rings is 1. The van der Waals surface area contributed by atoms with E-state index in [1.54, 1.807) is 0 Å². The van der Waals surface area contributed by atoms with Gasteiger partial charge in [0.2, 0.25) is 0 Å². The van der Waals surface area contributed by atoms with Crippen LogP contribution in [0.2, 0.25) is 0 Å². The van der Waals surface area contributed by atoms with Crippen LogP contribution in [0.25, 0.3) is 0 Å². The Balaban J connectivity index is 2.60. The second kappa shape index (κ2) is 5.88. The van der Waals surface area contributed by atoms with Crippen LogP contribution in [0, 0.1) is 5.92 Å². The summed E-state index contributed by atoms with van der Waals surface area (Å²) in [5.74, 6) is 0.424. The van der Waals surface area contributed by atoms with Gasteiger partial charge in [-0.3, -0.25) is 0 Å². The van der Waals surface area contributed by atoms with Crippen LogP contribution in [-0.2, 0) is 11.3 Å². The van der Waals surface area contributed by atoms with Crippen molar-refractivity contribution in [2.24, 2.45) is 11.7 Å². The first-order valence-electron chi connectivity index (χ1n) is 5.50. The van der Waals surface area contributed by atoms with Gasteiger partial charge in [0.25, 0.3) is 0 Å². The molecule has 0 fully saturated rings. The van der Waals surface area contributed by atoms with Gasteiger partial charge in [-0.25, -0.2) is 4.98 Å². The second-order valence-electron chi connectivity index (χ2n) is 3.98. The van der Waals surface area contributed by atoms with E-state index in [2.05, 4.69) is 23.4 Å².